The standard InChI is InChI=1S/C16H12F2I2/c1-3-16(2)10-4-8(17)5-12(18)14(10)15-11(16)6-9(19)7-13(15)20/h4-7H,3H2,1-2H3. The van der Waals surface area contributed by atoms with Crippen LogP contribution in [0.1, 0.15) is 31.4 Å². The molecular formula is C16H12F2I2. The van der Waals surface area contributed by atoms with Gasteiger partial charge in [0.1, 0.15) is 11.6 Å². The Labute approximate surface area is 144 Å². The predicted octanol–water partition coefficient (Wildman–Crippen LogP) is 5.87. The van der Waals surface area contributed by atoms with Crippen LogP contribution >= 0.6 is 45.2 Å². The molecule has 0 fully saturated rings. The lowest BCUT2D eigenvalue weighted by Crippen LogP contribution is -2.19. The topological polar surface area (TPSA) is 0 Å². The van der Waals surface area contributed by atoms with Crippen molar-refractivity contribution >= 4 is 45.2 Å². The molecule has 4 heteroatoms. The van der Waals surface area contributed by atoms with Crippen LogP contribution in [0, 0.1) is 18.8 Å². The second kappa shape index (κ2) is 4.90. The number of halogens is 4. The van der Waals surface area contributed by atoms with Gasteiger partial charge in [0.15, 0.2) is 0 Å². The van der Waals surface area contributed by atoms with Gasteiger partial charge in [-0.3, -0.25) is 0 Å². The molecule has 0 nitrogen and oxygen atoms in total. The highest BCUT2D eigenvalue weighted by atomic mass is 127. The number of rotatable bonds is 1. The quantitative estimate of drug-likeness (QED) is 0.434. The second-order valence-corrected chi connectivity index (χ2v) is 7.71. The summed E-state index contributed by atoms with van der Waals surface area (Å²) >= 11 is 4.52. The first-order valence-corrected chi connectivity index (χ1v) is 8.53. The lowest BCUT2D eigenvalue weighted by Gasteiger charge is -2.26. The summed E-state index contributed by atoms with van der Waals surface area (Å²) in [5, 5.41) is 0. The fourth-order valence-corrected chi connectivity index (χ4v) is 5.17. The van der Waals surface area contributed by atoms with Crippen molar-refractivity contribution in [3.63, 3.8) is 0 Å². The molecule has 0 spiro atoms. The molecule has 0 amide bonds. The molecule has 3 rings (SSSR count). The zero-order valence-electron chi connectivity index (χ0n) is 11.0. The monoisotopic (exact) mass is 496 g/mol. The molecule has 1 unspecified atom stereocenters. The highest BCUT2D eigenvalue weighted by Crippen LogP contribution is 2.53. The maximum Gasteiger partial charge on any atom is 0.134 e. The van der Waals surface area contributed by atoms with Crippen LogP contribution in [-0.2, 0) is 5.41 Å². The van der Waals surface area contributed by atoms with Crippen LogP contribution in [0.2, 0.25) is 0 Å². The number of hydrogen-bond donors (Lipinski definition) is 0. The summed E-state index contributed by atoms with van der Waals surface area (Å²) in [6.07, 6.45) is 0.812. The van der Waals surface area contributed by atoms with Crippen molar-refractivity contribution in [1.29, 1.82) is 0 Å². The van der Waals surface area contributed by atoms with Crippen molar-refractivity contribution in [3.8, 4) is 11.1 Å². The average molecular weight is 496 g/mol. The SMILES string of the molecule is CCC1(C)c2cc(F)cc(F)c2-c2c(I)cc(I)cc21. The zero-order valence-corrected chi connectivity index (χ0v) is 15.3. The second-order valence-electron chi connectivity index (χ2n) is 5.31. The molecule has 2 aromatic rings. The maximum atomic E-state index is 14.3. The zero-order chi connectivity index (χ0) is 14.7. The third kappa shape index (κ3) is 1.94. The van der Waals surface area contributed by atoms with E-state index in [-0.39, 0.29) is 5.41 Å². The van der Waals surface area contributed by atoms with E-state index < -0.39 is 11.6 Å². The fourth-order valence-electron chi connectivity index (χ4n) is 3.05. The van der Waals surface area contributed by atoms with Crippen molar-refractivity contribution in [2.75, 3.05) is 0 Å². The minimum Gasteiger partial charge on any atom is -0.207 e. The van der Waals surface area contributed by atoms with Gasteiger partial charge in [0.2, 0.25) is 0 Å². The normalized spacial score (nSPS) is 19.9. The molecule has 0 aromatic heterocycles. The Kier molecular flexibility index (Phi) is 3.60. The van der Waals surface area contributed by atoms with Gasteiger partial charge in [-0.2, -0.15) is 0 Å². The molecule has 0 radical (unpaired) electrons. The number of fused-ring (bicyclic) bond motifs is 3. The summed E-state index contributed by atoms with van der Waals surface area (Å²) in [5.74, 6) is -0.962. The minimum atomic E-state index is -0.501. The predicted molar refractivity (Wildman–Crippen MR) is 94.0 cm³/mol. The Hall–Kier alpha value is -0.240. The van der Waals surface area contributed by atoms with Gasteiger partial charge in [-0.05, 0) is 80.9 Å². The first kappa shape index (κ1) is 14.7. The minimum absolute atomic E-state index is 0.325. The summed E-state index contributed by atoms with van der Waals surface area (Å²) in [6, 6.07) is 6.61. The van der Waals surface area contributed by atoms with Crippen molar-refractivity contribution in [1.82, 2.24) is 0 Å². The average Bonchev–Trinajstić information content (AvgIpc) is 2.61. The van der Waals surface area contributed by atoms with E-state index in [1.165, 1.54) is 6.07 Å². The van der Waals surface area contributed by atoms with E-state index in [4.69, 9.17) is 0 Å². The van der Waals surface area contributed by atoms with Gasteiger partial charge in [-0.1, -0.05) is 13.8 Å². The van der Waals surface area contributed by atoms with Crippen LogP contribution in [0.15, 0.2) is 24.3 Å². The van der Waals surface area contributed by atoms with Crippen LogP contribution in [-0.4, -0.2) is 0 Å². The van der Waals surface area contributed by atoms with Gasteiger partial charge in [-0.15, -0.1) is 0 Å². The van der Waals surface area contributed by atoms with E-state index >= 15 is 0 Å². The molecular weight excluding hydrogens is 484 g/mol. The largest absolute Gasteiger partial charge is 0.207 e. The smallest absolute Gasteiger partial charge is 0.134 e. The van der Waals surface area contributed by atoms with Crippen molar-refractivity contribution in [3.05, 3.63) is 54.2 Å². The number of benzene rings is 2. The van der Waals surface area contributed by atoms with Gasteiger partial charge >= 0.3 is 0 Å². The first-order chi connectivity index (χ1) is 9.38. The van der Waals surface area contributed by atoms with Crippen LogP contribution in [0.4, 0.5) is 8.78 Å². The van der Waals surface area contributed by atoms with Gasteiger partial charge in [0, 0.05) is 29.7 Å². The Morgan fingerprint density at radius 3 is 2.30 bits per heavy atom. The molecule has 0 bridgehead atoms. The van der Waals surface area contributed by atoms with Gasteiger partial charge in [0.05, 0.1) is 0 Å². The van der Waals surface area contributed by atoms with Crippen molar-refractivity contribution in [2.45, 2.75) is 25.7 Å². The highest BCUT2D eigenvalue weighted by Gasteiger charge is 2.41. The summed E-state index contributed by atoms with van der Waals surface area (Å²) in [7, 11) is 0. The van der Waals surface area contributed by atoms with Crippen LogP contribution in [0.25, 0.3) is 11.1 Å². The highest BCUT2D eigenvalue weighted by molar-refractivity contribution is 14.1. The van der Waals surface area contributed by atoms with E-state index in [0.717, 1.165) is 36.3 Å². The fraction of sp³-hybridized carbons (Fsp3) is 0.250. The molecule has 1 atom stereocenters. The molecule has 104 valence electrons. The molecule has 0 N–H and O–H groups in total. The molecule has 2 aromatic carbocycles. The lowest BCUT2D eigenvalue weighted by molar-refractivity contribution is 0.542. The Balaban J connectivity index is 2.48. The first-order valence-electron chi connectivity index (χ1n) is 6.38. The molecule has 0 aliphatic heterocycles. The molecule has 0 saturated heterocycles. The van der Waals surface area contributed by atoms with Gasteiger partial charge in [0.25, 0.3) is 0 Å². The van der Waals surface area contributed by atoms with E-state index in [1.54, 1.807) is 0 Å². The lowest BCUT2D eigenvalue weighted by atomic mass is 9.78. The Bertz CT molecular complexity index is 665. The van der Waals surface area contributed by atoms with Crippen molar-refractivity contribution < 1.29 is 8.78 Å². The van der Waals surface area contributed by atoms with E-state index in [9.17, 15) is 8.78 Å². The van der Waals surface area contributed by atoms with Crippen molar-refractivity contribution in [2.24, 2.45) is 0 Å². The Morgan fingerprint density at radius 1 is 1.00 bits per heavy atom. The van der Waals surface area contributed by atoms with Gasteiger partial charge < -0.3 is 0 Å². The van der Waals surface area contributed by atoms with E-state index in [1.807, 2.05) is 6.07 Å². The molecule has 1 aliphatic carbocycles. The molecule has 0 heterocycles. The summed E-state index contributed by atoms with van der Waals surface area (Å²) < 4.78 is 30.2. The summed E-state index contributed by atoms with van der Waals surface area (Å²) in [5.41, 5.74) is 3.06. The molecule has 1 aliphatic rings. The van der Waals surface area contributed by atoms with Gasteiger partial charge in [-0.25, -0.2) is 8.78 Å². The van der Waals surface area contributed by atoms with E-state index in [0.29, 0.717) is 5.56 Å². The summed E-state index contributed by atoms with van der Waals surface area (Å²) in [6.45, 7) is 4.14. The molecule has 0 saturated carbocycles. The van der Waals surface area contributed by atoms with Crippen LogP contribution in [0.3, 0.4) is 0 Å². The van der Waals surface area contributed by atoms with Crippen LogP contribution < -0.4 is 0 Å². The summed E-state index contributed by atoms with van der Waals surface area (Å²) in [4.78, 5) is 0. The third-order valence-electron chi connectivity index (χ3n) is 4.26. The maximum absolute atomic E-state index is 14.3. The molecule has 20 heavy (non-hydrogen) atoms. The Morgan fingerprint density at radius 2 is 1.65 bits per heavy atom. The van der Waals surface area contributed by atoms with E-state index in [2.05, 4.69) is 65.1 Å². The third-order valence-corrected chi connectivity index (χ3v) is 5.73. The van der Waals surface area contributed by atoms with Crippen LogP contribution in [0.5, 0.6) is 0 Å². The number of hydrogen-bond acceptors (Lipinski definition) is 0.